The number of ether oxygens (including phenoxy) is 2. The van der Waals surface area contributed by atoms with E-state index in [0.717, 1.165) is 18.1 Å². The molecule has 0 radical (unpaired) electrons. The van der Waals surface area contributed by atoms with Crippen molar-refractivity contribution in [3.8, 4) is 11.5 Å². The number of nitrogens with zero attached hydrogens (tertiary/aromatic N) is 1. The number of aliphatic imine (C=N–C) groups is 1. The third-order valence-electron chi connectivity index (χ3n) is 2.75. The fraction of sp³-hybridized carbons (Fsp3) is 0.438. The summed E-state index contributed by atoms with van der Waals surface area (Å²) in [6.45, 7) is 7.86. The Hall–Kier alpha value is -2.21. The van der Waals surface area contributed by atoms with Crippen LogP contribution in [0.1, 0.15) is 12.5 Å². The molecular formula is C16H25N3O3. The molecule has 0 atom stereocenters. The third kappa shape index (κ3) is 6.05. The number of hydrogen-bond donors (Lipinski definition) is 3. The predicted octanol–water partition coefficient (Wildman–Crippen LogP) is 1.31. The summed E-state index contributed by atoms with van der Waals surface area (Å²) >= 11 is 0. The van der Waals surface area contributed by atoms with Crippen LogP contribution in [-0.4, -0.2) is 44.5 Å². The summed E-state index contributed by atoms with van der Waals surface area (Å²) in [6, 6.07) is 5.63. The minimum atomic E-state index is -0.0315. The molecule has 0 unspecified atom stereocenters. The van der Waals surface area contributed by atoms with Gasteiger partial charge in [0.1, 0.15) is 6.61 Å². The Bertz CT molecular complexity index is 490. The van der Waals surface area contributed by atoms with Crippen molar-refractivity contribution in [1.82, 2.24) is 10.6 Å². The summed E-state index contributed by atoms with van der Waals surface area (Å²) in [7, 11) is 1.59. The summed E-state index contributed by atoms with van der Waals surface area (Å²) in [5.74, 6) is 1.98. The maximum atomic E-state index is 8.81. The molecule has 0 amide bonds. The lowest BCUT2D eigenvalue weighted by Gasteiger charge is -2.12. The van der Waals surface area contributed by atoms with Crippen LogP contribution in [0.4, 0.5) is 0 Å². The molecule has 1 rings (SSSR count). The molecule has 1 aromatic carbocycles. The second-order valence-corrected chi connectivity index (χ2v) is 4.42. The van der Waals surface area contributed by atoms with Gasteiger partial charge in [-0.2, -0.15) is 0 Å². The molecule has 22 heavy (non-hydrogen) atoms. The third-order valence-corrected chi connectivity index (χ3v) is 2.75. The summed E-state index contributed by atoms with van der Waals surface area (Å²) in [6.07, 6.45) is 1.78. The number of aliphatic hydroxyl groups is 1. The average Bonchev–Trinajstić information content (AvgIpc) is 2.55. The molecule has 0 bridgehead atoms. The molecule has 6 heteroatoms. The van der Waals surface area contributed by atoms with Crippen molar-refractivity contribution < 1.29 is 14.6 Å². The van der Waals surface area contributed by atoms with E-state index in [1.165, 1.54) is 0 Å². The van der Waals surface area contributed by atoms with E-state index in [1.54, 1.807) is 13.2 Å². The van der Waals surface area contributed by atoms with Crippen LogP contribution in [0.3, 0.4) is 0 Å². The van der Waals surface area contributed by atoms with Crippen molar-refractivity contribution in [2.45, 2.75) is 13.5 Å². The first-order valence-electron chi connectivity index (χ1n) is 7.28. The van der Waals surface area contributed by atoms with Crippen molar-refractivity contribution in [1.29, 1.82) is 0 Å². The Morgan fingerprint density at radius 1 is 1.36 bits per heavy atom. The maximum absolute atomic E-state index is 8.81. The topological polar surface area (TPSA) is 75.1 Å². The summed E-state index contributed by atoms with van der Waals surface area (Å²) < 4.78 is 10.7. The molecule has 0 aliphatic rings. The molecule has 1 aromatic rings. The van der Waals surface area contributed by atoms with E-state index in [0.29, 0.717) is 24.6 Å². The quantitative estimate of drug-likeness (QED) is 0.364. The Morgan fingerprint density at radius 3 is 2.82 bits per heavy atom. The Morgan fingerprint density at radius 2 is 2.18 bits per heavy atom. The number of methoxy groups -OCH3 is 1. The van der Waals surface area contributed by atoms with Crippen LogP contribution in [0.5, 0.6) is 11.5 Å². The van der Waals surface area contributed by atoms with Gasteiger partial charge < -0.3 is 25.2 Å². The molecule has 6 nitrogen and oxygen atoms in total. The molecule has 3 N–H and O–H groups in total. The van der Waals surface area contributed by atoms with E-state index in [2.05, 4.69) is 22.2 Å². The van der Waals surface area contributed by atoms with Crippen LogP contribution < -0.4 is 20.1 Å². The lowest BCUT2D eigenvalue weighted by molar-refractivity contribution is 0.196. The van der Waals surface area contributed by atoms with E-state index in [1.807, 2.05) is 25.1 Å². The molecule has 0 aliphatic heterocycles. The van der Waals surface area contributed by atoms with Gasteiger partial charge in [0.25, 0.3) is 0 Å². The van der Waals surface area contributed by atoms with Crippen molar-refractivity contribution >= 4 is 5.96 Å². The Balaban J connectivity index is 2.76. The van der Waals surface area contributed by atoms with Gasteiger partial charge in [0.2, 0.25) is 0 Å². The van der Waals surface area contributed by atoms with E-state index in [-0.39, 0.29) is 13.2 Å². The molecule has 0 saturated heterocycles. The van der Waals surface area contributed by atoms with E-state index >= 15 is 0 Å². The summed E-state index contributed by atoms with van der Waals surface area (Å²) in [4.78, 5) is 4.50. The second-order valence-electron chi connectivity index (χ2n) is 4.42. The van der Waals surface area contributed by atoms with E-state index in [9.17, 15) is 0 Å². The van der Waals surface area contributed by atoms with Gasteiger partial charge in [0, 0.05) is 13.1 Å². The van der Waals surface area contributed by atoms with Crippen molar-refractivity contribution in [2.24, 2.45) is 4.99 Å². The van der Waals surface area contributed by atoms with Crippen LogP contribution in [-0.2, 0) is 6.54 Å². The Kier molecular flexibility index (Phi) is 8.52. The summed E-state index contributed by atoms with van der Waals surface area (Å²) in [5.41, 5.74) is 1.00. The average molecular weight is 307 g/mol. The lowest BCUT2D eigenvalue weighted by atomic mass is 10.2. The van der Waals surface area contributed by atoms with Crippen LogP contribution in [0.2, 0.25) is 0 Å². The first-order valence-corrected chi connectivity index (χ1v) is 7.28. The highest BCUT2D eigenvalue weighted by Crippen LogP contribution is 2.28. The predicted molar refractivity (Wildman–Crippen MR) is 88.6 cm³/mol. The zero-order valence-electron chi connectivity index (χ0n) is 13.3. The fourth-order valence-electron chi connectivity index (χ4n) is 1.77. The molecule has 0 aliphatic carbocycles. The highest BCUT2D eigenvalue weighted by atomic mass is 16.5. The van der Waals surface area contributed by atoms with Gasteiger partial charge in [0.15, 0.2) is 17.5 Å². The minimum absolute atomic E-state index is 0.0315. The highest BCUT2D eigenvalue weighted by Gasteiger charge is 2.06. The van der Waals surface area contributed by atoms with Crippen LogP contribution in [0.15, 0.2) is 35.8 Å². The van der Waals surface area contributed by atoms with Crippen molar-refractivity contribution in [3.05, 3.63) is 36.4 Å². The largest absolute Gasteiger partial charge is 0.493 e. The van der Waals surface area contributed by atoms with Gasteiger partial charge in [-0.15, -0.1) is 6.58 Å². The summed E-state index contributed by atoms with van der Waals surface area (Å²) in [5, 5.41) is 15.1. The number of aliphatic hydroxyl groups excluding tert-OH is 1. The van der Waals surface area contributed by atoms with Crippen molar-refractivity contribution in [3.63, 3.8) is 0 Å². The van der Waals surface area contributed by atoms with Gasteiger partial charge in [-0.1, -0.05) is 12.1 Å². The molecule has 0 spiro atoms. The first-order chi connectivity index (χ1) is 10.7. The first kappa shape index (κ1) is 17.8. The fourth-order valence-corrected chi connectivity index (χ4v) is 1.77. The highest BCUT2D eigenvalue weighted by molar-refractivity contribution is 5.79. The zero-order chi connectivity index (χ0) is 16.2. The monoisotopic (exact) mass is 307 g/mol. The maximum Gasteiger partial charge on any atom is 0.191 e. The molecule has 0 fully saturated rings. The molecule has 0 saturated carbocycles. The standard InChI is InChI=1S/C16H25N3O3/c1-4-8-18-16(17-5-2)19-12-13-6-7-14(22-10-9-20)15(11-13)21-3/h4,6-7,11,20H,1,5,8-10,12H2,2-3H3,(H2,17,18,19). The zero-order valence-corrected chi connectivity index (χ0v) is 13.3. The van der Waals surface area contributed by atoms with E-state index < -0.39 is 0 Å². The van der Waals surface area contributed by atoms with Crippen molar-refractivity contribution in [2.75, 3.05) is 33.4 Å². The van der Waals surface area contributed by atoms with Gasteiger partial charge in [-0.05, 0) is 24.6 Å². The second kappa shape index (κ2) is 10.5. The lowest BCUT2D eigenvalue weighted by Crippen LogP contribution is -2.37. The van der Waals surface area contributed by atoms with E-state index in [4.69, 9.17) is 14.6 Å². The van der Waals surface area contributed by atoms with Gasteiger partial charge in [-0.25, -0.2) is 4.99 Å². The number of hydrogen-bond acceptors (Lipinski definition) is 4. The number of benzene rings is 1. The Labute approximate surface area is 131 Å². The molecule has 0 aromatic heterocycles. The van der Waals surface area contributed by atoms with Gasteiger partial charge in [0.05, 0.1) is 20.3 Å². The minimum Gasteiger partial charge on any atom is -0.493 e. The SMILES string of the molecule is C=CCNC(=NCc1ccc(OCCO)c(OC)c1)NCC. The smallest absolute Gasteiger partial charge is 0.191 e. The molecular weight excluding hydrogens is 282 g/mol. The molecule has 0 heterocycles. The van der Waals surface area contributed by atoms with Gasteiger partial charge in [-0.3, -0.25) is 0 Å². The normalized spacial score (nSPS) is 11.0. The number of guanidine groups is 1. The van der Waals surface area contributed by atoms with Crippen LogP contribution in [0, 0.1) is 0 Å². The molecule has 122 valence electrons. The van der Waals surface area contributed by atoms with Crippen LogP contribution in [0.25, 0.3) is 0 Å². The number of nitrogens with one attached hydrogen (secondary N) is 2. The number of rotatable bonds is 9. The van der Waals surface area contributed by atoms with Crippen LogP contribution >= 0.6 is 0 Å². The van der Waals surface area contributed by atoms with Gasteiger partial charge >= 0.3 is 0 Å².